The van der Waals surface area contributed by atoms with Crippen LogP contribution >= 0.6 is 0 Å². The van der Waals surface area contributed by atoms with Crippen LogP contribution in [0.5, 0.6) is 5.75 Å². The summed E-state index contributed by atoms with van der Waals surface area (Å²) in [5, 5.41) is 0. The third kappa shape index (κ3) is 4.08. The highest BCUT2D eigenvalue weighted by atomic mass is 19.1. The molecule has 1 fully saturated rings. The minimum absolute atomic E-state index is 0.00653. The summed E-state index contributed by atoms with van der Waals surface area (Å²) in [5.74, 6) is -0.395. The summed E-state index contributed by atoms with van der Waals surface area (Å²) in [6.07, 6.45) is 5.87. The standard InChI is InChI=1S/C25H25FN4O3/c26-20-12-6-7-13-21(20)33-15-14-28-24(31)22-23(27-17-30(22)19-10-4-5-11-19)29(25(28)32)16-18-8-2-1-3-9-18/h1-3,6-9,12-13,17,19H,4-5,10-11,14-16H2. The molecule has 4 aromatic rings. The summed E-state index contributed by atoms with van der Waals surface area (Å²) in [7, 11) is 0. The zero-order valence-electron chi connectivity index (χ0n) is 18.2. The van der Waals surface area contributed by atoms with E-state index in [1.165, 1.54) is 16.7 Å². The molecule has 0 aliphatic heterocycles. The normalized spacial score (nSPS) is 14.2. The van der Waals surface area contributed by atoms with Gasteiger partial charge in [-0.1, -0.05) is 55.3 Å². The molecule has 8 heteroatoms. The lowest BCUT2D eigenvalue weighted by atomic mass is 10.2. The predicted molar refractivity (Wildman–Crippen MR) is 123 cm³/mol. The molecule has 0 spiro atoms. The molecule has 2 aromatic heterocycles. The van der Waals surface area contributed by atoms with Gasteiger partial charge in [0.25, 0.3) is 5.56 Å². The molecule has 5 rings (SSSR count). The highest BCUT2D eigenvalue weighted by molar-refractivity contribution is 5.70. The Morgan fingerprint density at radius 3 is 2.45 bits per heavy atom. The number of aromatic nitrogens is 4. The van der Waals surface area contributed by atoms with E-state index in [1.54, 1.807) is 23.0 Å². The Balaban J connectivity index is 1.56. The lowest BCUT2D eigenvalue weighted by molar-refractivity contribution is 0.279. The zero-order chi connectivity index (χ0) is 22.8. The number of hydrogen-bond donors (Lipinski definition) is 0. The highest BCUT2D eigenvalue weighted by Crippen LogP contribution is 2.31. The van der Waals surface area contributed by atoms with Crippen LogP contribution in [0, 0.1) is 5.82 Å². The zero-order valence-corrected chi connectivity index (χ0v) is 18.2. The molecule has 0 unspecified atom stereocenters. The fourth-order valence-corrected chi connectivity index (χ4v) is 4.58. The van der Waals surface area contributed by atoms with Gasteiger partial charge in [0, 0.05) is 6.04 Å². The van der Waals surface area contributed by atoms with Gasteiger partial charge in [-0.2, -0.15) is 0 Å². The number of para-hydroxylation sites is 1. The lowest BCUT2D eigenvalue weighted by Crippen LogP contribution is -2.42. The summed E-state index contributed by atoms with van der Waals surface area (Å²) in [5.41, 5.74) is 0.922. The van der Waals surface area contributed by atoms with Gasteiger partial charge in [0.15, 0.2) is 22.7 Å². The van der Waals surface area contributed by atoms with Crippen molar-refractivity contribution < 1.29 is 9.13 Å². The maximum Gasteiger partial charge on any atom is 0.333 e. The maximum absolute atomic E-state index is 13.9. The van der Waals surface area contributed by atoms with Crippen LogP contribution in [0.25, 0.3) is 11.2 Å². The van der Waals surface area contributed by atoms with Gasteiger partial charge in [-0.25, -0.2) is 14.2 Å². The third-order valence-corrected chi connectivity index (χ3v) is 6.25. The van der Waals surface area contributed by atoms with Crippen LogP contribution in [-0.2, 0) is 13.1 Å². The van der Waals surface area contributed by atoms with Gasteiger partial charge >= 0.3 is 5.69 Å². The second kappa shape index (κ2) is 9.05. The van der Waals surface area contributed by atoms with Crippen LogP contribution in [-0.4, -0.2) is 25.3 Å². The first-order valence-electron chi connectivity index (χ1n) is 11.2. The van der Waals surface area contributed by atoms with Crippen LogP contribution in [0.2, 0.25) is 0 Å². The lowest BCUT2D eigenvalue weighted by Gasteiger charge is -2.15. The van der Waals surface area contributed by atoms with Gasteiger partial charge in [0.1, 0.15) is 6.61 Å². The second-order valence-electron chi connectivity index (χ2n) is 8.35. The van der Waals surface area contributed by atoms with Crippen molar-refractivity contribution in [2.75, 3.05) is 6.61 Å². The molecule has 7 nitrogen and oxygen atoms in total. The first-order valence-corrected chi connectivity index (χ1v) is 11.2. The average molecular weight is 448 g/mol. The van der Waals surface area contributed by atoms with E-state index in [0.717, 1.165) is 31.2 Å². The molecule has 2 aromatic carbocycles. The number of rotatable bonds is 7. The summed E-state index contributed by atoms with van der Waals surface area (Å²) in [4.78, 5) is 31.3. The Morgan fingerprint density at radius 1 is 0.970 bits per heavy atom. The van der Waals surface area contributed by atoms with Crippen molar-refractivity contribution in [3.8, 4) is 5.75 Å². The van der Waals surface area contributed by atoms with Gasteiger partial charge < -0.3 is 9.30 Å². The van der Waals surface area contributed by atoms with Crippen LogP contribution in [0.1, 0.15) is 37.3 Å². The number of hydrogen-bond acceptors (Lipinski definition) is 4. The Kier molecular flexibility index (Phi) is 5.81. The van der Waals surface area contributed by atoms with Crippen molar-refractivity contribution >= 4 is 11.2 Å². The molecule has 0 amide bonds. The van der Waals surface area contributed by atoms with Gasteiger partial charge in [-0.15, -0.1) is 0 Å². The molecule has 1 saturated carbocycles. The molecule has 33 heavy (non-hydrogen) atoms. The van der Waals surface area contributed by atoms with Crippen molar-refractivity contribution in [3.63, 3.8) is 0 Å². The second-order valence-corrected chi connectivity index (χ2v) is 8.35. The minimum atomic E-state index is -0.485. The first-order chi connectivity index (χ1) is 16.1. The van der Waals surface area contributed by atoms with Gasteiger partial charge in [-0.05, 0) is 30.5 Å². The van der Waals surface area contributed by atoms with Crippen LogP contribution in [0.15, 0.2) is 70.5 Å². The molecule has 0 bridgehead atoms. The van der Waals surface area contributed by atoms with Crippen molar-refractivity contribution in [3.05, 3.63) is 93.1 Å². The summed E-state index contributed by atoms with van der Waals surface area (Å²) in [6, 6.07) is 15.9. The molecule has 0 atom stereocenters. The molecular weight excluding hydrogens is 423 g/mol. The maximum atomic E-state index is 13.9. The minimum Gasteiger partial charge on any atom is -0.489 e. The monoisotopic (exact) mass is 448 g/mol. The van der Waals surface area contributed by atoms with Crippen molar-refractivity contribution in [1.82, 2.24) is 18.7 Å². The molecule has 2 heterocycles. The van der Waals surface area contributed by atoms with Crippen LogP contribution in [0.3, 0.4) is 0 Å². The third-order valence-electron chi connectivity index (χ3n) is 6.25. The number of ether oxygens (including phenoxy) is 1. The van der Waals surface area contributed by atoms with E-state index < -0.39 is 11.5 Å². The summed E-state index contributed by atoms with van der Waals surface area (Å²) >= 11 is 0. The summed E-state index contributed by atoms with van der Waals surface area (Å²) < 4.78 is 24.1. The van der Waals surface area contributed by atoms with Gasteiger partial charge in [-0.3, -0.25) is 13.9 Å². The predicted octanol–water partition coefficient (Wildman–Crippen LogP) is 3.74. The van der Waals surface area contributed by atoms with E-state index in [2.05, 4.69) is 4.98 Å². The Hall–Kier alpha value is -3.68. The first kappa shape index (κ1) is 21.2. The molecule has 0 saturated heterocycles. The van der Waals surface area contributed by atoms with Gasteiger partial charge in [0.05, 0.1) is 19.4 Å². The Morgan fingerprint density at radius 2 is 1.70 bits per heavy atom. The van der Waals surface area contributed by atoms with Crippen molar-refractivity contribution in [1.29, 1.82) is 0 Å². The largest absolute Gasteiger partial charge is 0.489 e. The molecule has 0 radical (unpaired) electrons. The van der Waals surface area contributed by atoms with E-state index >= 15 is 0 Å². The molecular formula is C25H25FN4O3. The number of nitrogens with zero attached hydrogens (tertiary/aromatic N) is 4. The molecule has 0 N–H and O–H groups in total. The van der Waals surface area contributed by atoms with E-state index in [0.29, 0.717) is 17.7 Å². The highest BCUT2D eigenvalue weighted by Gasteiger charge is 2.24. The van der Waals surface area contributed by atoms with E-state index in [-0.39, 0.29) is 30.5 Å². The van der Waals surface area contributed by atoms with Crippen molar-refractivity contribution in [2.45, 2.75) is 44.8 Å². The summed E-state index contributed by atoms with van der Waals surface area (Å²) in [6.45, 7) is 0.295. The van der Waals surface area contributed by atoms with Crippen LogP contribution < -0.4 is 16.0 Å². The smallest absolute Gasteiger partial charge is 0.333 e. The quantitative estimate of drug-likeness (QED) is 0.432. The number of fused-ring (bicyclic) bond motifs is 1. The Bertz CT molecular complexity index is 1380. The van der Waals surface area contributed by atoms with Crippen molar-refractivity contribution in [2.24, 2.45) is 0 Å². The Labute approximate surface area is 189 Å². The van der Waals surface area contributed by atoms with E-state index in [9.17, 15) is 14.0 Å². The molecule has 170 valence electrons. The number of halogens is 1. The fourth-order valence-electron chi connectivity index (χ4n) is 4.58. The molecule has 1 aliphatic rings. The van der Waals surface area contributed by atoms with Gasteiger partial charge in [0.2, 0.25) is 0 Å². The topological polar surface area (TPSA) is 71.0 Å². The SMILES string of the molecule is O=c1c2c(ncn2C2CCCC2)n(Cc2ccccc2)c(=O)n1CCOc1ccccc1F. The fraction of sp³-hybridized carbons (Fsp3) is 0.320. The van der Waals surface area contributed by atoms with E-state index in [1.807, 2.05) is 34.9 Å². The number of benzene rings is 2. The molecule has 1 aliphatic carbocycles. The van der Waals surface area contributed by atoms with E-state index in [4.69, 9.17) is 4.74 Å². The average Bonchev–Trinajstić information content (AvgIpc) is 3.51. The van der Waals surface area contributed by atoms with Crippen LogP contribution in [0.4, 0.5) is 4.39 Å². The number of imidazole rings is 1.